The van der Waals surface area contributed by atoms with Gasteiger partial charge in [0, 0.05) is 16.9 Å². The monoisotopic (exact) mass is 477 g/mol. The summed E-state index contributed by atoms with van der Waals surface area (Å²) < 4.78 is 27.4. The molecule has 160 valence electrons. The SMILES string of the molecule is NC(=O)c1ccc(NC(=O)Cc2ccc(NS(=O)(=O)c3ccc(Cl)c(Cl)c3)cc2)cc1. The highest BCUT2D eigenvalue weighted by atomic mass is 35.5. The van der Waals surface area contributed by atoms with Crippen LogP contribution in [0.2, 0.25) is 10.0 Å². The standard InChI is InChI=1S/C21H17Cl2N3O4S/c22-18-10-9-17(12-19(18)23)31(29,30)26-16-5-1-13(2-6-16)11-20(27)25-15-7-3-14(4-8-15)21(24)28/h1-10,12,26H,11H2,(H2,24,28)(H,25,27). The van der Waals surface area contributed by atoms with Gasteiger partial charge in [0.15, 0.2) is 0 Å². The third-order valence-corrected chi connectivity index (χ3v) is 6.34. The van der Waals surface area contributed by atoms with E-state index in [1.807, 2.05) is 0 Å². The molecule has 0 aliphatic carbocycles. The van der Waals surface area contributed by atoms with Crippen molar-refractivity contribution in [3.8, 4) is 0 Å². The van der Waals surface area contributed by atoms with Gasteiger partial charge in [0.05, 0.1) is 21.4 Å². The molecule has 0 aliphatic rings. The highest BCUT2D eigenvalue weighted by molar-refractivity contribution is 7.92. The van der Waals surface area contributed by atoms with Crippen LogP contribution >= 0.6 is 23.2 Å². The zero-order valence-electron chi connectivity index (χ0n) is 15.9. The minimum Gasteiger partial charge on any atom is -0.366 e. The molecule has 0 aromatic heterocycles. The Morgan fingerprint density at radius 2 is 1.45 bits per heavy atom. The van der Waals surface area contributed by atoms with Crippen molar-refractivity contribution in [2.75, 3.05) is 10.0 Å². The first kappa shape index (κ1) is 22.6. The summed E-state index contributed by atoms with van der Waals surface area (Å²) in [5.41, 5.74) is 7.07. The molecule has 10 heteroatoms. The molecule has 0 bridgehead atoms. The topological polar surface area (TPSA) is 118 Å². The third kappa shape index (κ3) is 5.97. The summed E-state index contributed by atoms with van der Waals surface area (Å²) in [6.07, 6.45) is 0.0807. The van der Waals surface area contributed by atoms with E-state index in [9.17, 15) is 18.0 Å². The molecule has 3 aromatic carbocycles. The lowest BCUT2D eigenvalue weighted by Gasteiger charge is -2.10. The number of rotatable bonds is 7. The number of primary amides is 1. The molecule has 31 heavy (non-hydrogen) atoms. The number of carbonyl (C=O) groups is 2. The second-order valence-electron chi connectivity index (χ2n) is 6.54. The molecule has 7 nitrogen and oxygen atoms in total. The van der Waals surface area contributed by atoms with Crippen LogP contribution in [0.3, 0.4) is 0 Å². The molecule has 0 saturated heterocycles. The van der Waals surface area contributed by atoms with Crippen molar-refractivity contribution in [3.05, 3.63) is 87.9 Å². The molecule has 3 aromatic rings. The lowest BCUT2D eigenvalue weighted by atomic mass is 10.1. The van der Waals surface area contributed by atoms with Crippen LogP contribution in [0.4, 0.5) is 11.4 Å². The van der Waals surface area contributed by atoms with Gasteiger partial charge in [-0.1, -0.05) is 35.3 Å². The van der Waals surface area contributed by atoms with E-state index < -0.39 is 15.9 Å². The molecule has 0 atom stereocenters. The Labute approximate surface area is 189 Å². The van der Waals surface area contributed by atoms with E-state index in [1.165, 1.54) is 30.3 Å². The van der Waals surface area contributed by atoms with Gasteiger partial charge in [-0.25, -0.2) is 8.42 Å². The van der Waals surface area contributed by atoms with Crippen molar-refractivity contribution in [3.63, 3.8) is 0 Å². The first-order valence-electron chi connectivity index (χ1n) is 8.90. The fourth-order valence-electron chi connectivity index (χ4n) is 2.66. The Kier molecular flexibility index (Phi) is 6.84. The lowest BCUT2D eigenvalue weighted by molar-refractivity contribution is -0.115. The van der Waals surface area contributed by atoms with Crippen molar-refractivity contribution in [1.82, 2.24) is 0 Å². The van der Waals surface area contributed by atoms with Gasteiger partial charge in [0.1, 0.15) is 0 Å². The summed E-state index contributed by atoms with van der Waals surface area (Å²) in [5, 5.41) is 3.11. The second kappa shape index (κ2) is 9.38. The molecule has 2 amide bonds. The molecule has 0 saturated carbocycles. The van der Waals surface area contributed by atoms with Crippen LogP contribution in [-0.4, -0.2) is 20.2 Å². The number of anilines is 2. The van der Waals surface area contributed by atoms with Gasteiger partial charge in [-0.05, 0) is 60.2 Å². The average molecular weight is 478 g/mol. The lowest BCUT2D eigenvalue weighted by Crippen LogP contribution is -2.15. The molecule has 4 N–H and O–H groups in total. The average Bonchev–Trinajstić information content (AvgIpc) is 2.71. The number of nitrogens with two attached hydrogens (primary N) is 1. The van der Waals surface area contributed by atoms with E-state index in [-0.39, 0.29) is 27.3 Å². The zero-order chi connectivity index (χ0) is 22.6. The van der Waals surface area contributed by atoms with E-state index in [2.05, 4.69) is 10.0 Å². The van der Waals surface area contributed by atoms with Crippen molar-refractivity contribution in [2.45, 2.75) is 11.3 Å². The first-order chi connectivity index (χ1) is 14.6. The van der Waals surface area contributed by atoms with Crippen molar-refractivity contribution >= 4 is 56.4 Å². The molecule has 3 rings (SSSR count). The van der Waals surface area contributed by atoms with Crippen LogP contribution in [0.5, 0.6) is 0 Å². The van der Waals surface area contributed by atoms with Crippen LogP contribution in [0.15, 0.2) is 71.6 Å². The van der Waals surface area contributed by atoms with Crippen molar-refractivity contribution in [2.24, 2.45) is 5.73 Å². The van der Waals surface area contributed by atoms with Gasteiger partial charge in [-0.3, -0.25) is 14.3 Å². The predicted molar refractivity (Wildman–Crippen MR) is 121 cm³/mol. The van der Waals surface area contributed by atoms with E-state index in [4.69, 9.17) is 28.9 Å². The minimum atomic E-state index is -3.84. The smallest absolute Gasteiger partial charge is 0.261 e. The zero-order valence-corrected chi connectivity index (χ0v) is 18.3. The van der Waals surface area contributed by atoms with Crippen LogP contribution < -0.4 is 15.8 Å². The Hall–Kier alpha value is -3.07. The van der Waals surface area contributed by atoms with Crippen molar-refractivity contribution < 1.29 is 18.0 Å². The number of sulfonamides is 1. The van der Waals surface area contributed by atoms with Crippen molar-refractivity contribution in [1.29, 1.82) is 0 Å². The molecule has 0 heterocycles. The number of carbonyl (C=O) groups excluding carboxylic acids is 2. The molecule has 0 fully saturated rings. The number of halogens is 2. The Bertz CT molecular complexity index is 1230. The van der Waals surface area contributed by atoms with E-state index >= 15 is 0 Å². The Morgan fingerprint density at radius 3 is 2.03 bits per heavy atom. The Morgan fingerprint density at radius 1 is 0.839 bits per heavy atom. The predicted octanol–water partition coefficient (Wildman–Crippen LogP) is 4.07. The van der Waals surface area contributed by atoms with Gasteiger partial charge in [0.25, 0.3) is 10.0 Å². The highest BCUT2D eigenvalue weighted by Crippen LogP contribution is 2.26. The fourth-order valence-corrected chi connectivity index (χ4v) is 4.10. The van der Waals surface area contributed by atoms with Crippen LogP contribution in [-0.2, 0) is 21.2 Å². The summed E-state index contributed by atoms with van der Waals surface area (Å²) in [7, 11) is -3.84. The summed E-state index contributed by atoms with van der Waals surface area (Å²) in [5.74, 6) is -0.816. The van der Waals surface area contributed by atoms with Gasteiger partial charge in [-0.15, -0.1) is 0 Å². The van der Waals surface area contributed by atoms with Crippen LogP contribution in [0.25, 0.3) is 0 Å². The quantitative estimate of drug-likeness (QED) is 0.474. The van der Waals surface area contributed by atoms with Gasteiger partial charge >= 0.3 is 0 Å². The van der Waals surface area contributed by atoms with Crippen LogP contribution in [0, 0.1) is 0 Å². The first-order valence-corrected chi connectivity index (χ1v) is 11.1. The van der Waals surface area contributed by atoms with Crippen LogP contribution in [0.1, 0.15) is 15.9 Å². The molecule has 0 aliphatic heterocycles. The van der Waals surface area contributed by atoms with Gasteiger partial charge in [0.2, 0.25) is 11.8 Å². The second-order valence-corrected chi connectivity index (χ2v) is 9.04. The number of hydrogen-bond donors (Lipinski definition) is 3. The summed E-state index contributed by atoms with van der Waals surface area (Å²) >= 11 is 11.7. The van der Waals surface area contributed by atoms with E-state index in [1.54, 1.807) is 36.4 Å². The number of benzene rings is 3. The molecular weight excluding hydrogens is 461 g/mol. The molecule has 0 radical (unpaired) electrons. The van der Waals surface area contributed by atoms with E-state index in [0.29, 0.717) is 22.5 Å². The van der Waals surface area contributed by atoms with Gasteiger partial charge in [-0.2, -0.15) is 0 Å². The highest BCUT2D eigenvalue weighted by Gasteiger charge is 2.16. The Balaban J connectivity index is 1.62. The maximum absolute atomic E-state index is 12.5. The molecular formula is C21H17Cl2N3O4S. The number of hydrogen-bond acceptors (Lipinski definition) is 4. The maximum atomic E-state index is 12.5. The third-order valence-electron chi connectivity index (χ3n) is 4.23. The number of amides is 2. The fraction of sp³-hybridized carbons (Fsp3) is 0.0476. The maximum Gasteiger partial charge on any atom is 0.261 e. The van der Waals surface area contributed by atoms with E-state index in [0.717, 1.165) is 0 Å². The largest absolute Gasteiger partial charge is 0.366 e. The summed E-state index contributed by atoms with van der Waals surface area (Å²) in [4.78, 5) is 23.3. The summed E-state index contributed by atoms with van der Waals surface area (Å²) in [6, 6.07) is 16.6. The molecule has 0 unspecified atom stereocenters. The summed E-state index contributed by atoms with van der Waals surface area (Å²) in [6.45, 7) is 0. The van der Waals surface area contributed by atoms with Gasteiger partial charge < -0.3 is 11.1 Å². The normalized spacial score (nSPS) is 11.0. The minimum absolute atomic E-state index is 0.0206. The number of nitrogens with one attached hydrogen (secondary N) is 2. The molecule has 0 spiro atoms.